The Morgan fingerprint density at radius 1 is 1.21 bits per heavy atom. The largest absolute Gasteiger partial charge is 0.366 e. The molecule has 0 aliphatic carbocycles. The fourth-order valence-electron chi connectivity index (χ4n) is 2.37. The number of benzene rings is 2. The van der Waals surface area contributed by atoms with Crippen LogP contribution in [0.25, 0.3) is 11.1 Å². The van der Waals surface area contributed by atoms with Gasteiger partial charge in [-0.2, -0.15) is 0 Å². The number of primary amides is 1. The maximum absolute atomic E-state index is 14.4. The molecule has 0 unspecified atom stereocenters. The van der Waals surface area contributed by atoms with E-state index in [1.165, 1.54) is 6.07 Å². The molecule has 0 atom stereocenters. The van der Waals surface area contributed by atoms with Gasteiger partial charge in [-0.15, -0.1) is 12.4 Å². The predicted octanol–water partition coefficient (Wildman–Crippen LogP) is 4.15. The first-order chi connectivity index (χ1) is 11.0. The second-order valence-corrected chi connectivity index (χ2v) is 6.12. The minimum Gasteiger partial charge on any atom is -0.366 e. The van der Waals surface area contributed by atoms with Crippen LogP contribution < -0.4 is 11.1 Å². The molecule has 0 aromatic heterocycles. The second-order valence-electron chi connectivity index (χ2n) is 6.12. The lowest BCUT2D eigenvalue weighted by Crippen LogP contribution is -2.16. The smallest absolute Gasteiger partial charge is 0.248 e. The molecular formula is C19H24ClFN2O. The quantitative estimate of drug-likeness (QED) is 0.737. The van der Waals surface area contributed by atoms with Crippen molar-refractivity contribution in [2.24, 2.45) is 11.7 Å². The highest BCUT2D eigenvalue weighted by molar-refractivity contribution is 5.94. The van der Waals surface area contributed by atoms with Crippen molar-refractivity contribution in [1.82, 2.24) is 5.32 Å². The average Bonchev–Trinajstić information content (AvgIpc) is 2.51. The molecule has 0 heterocycles. The Balaban J connectivity index is 0.00000288. The number of nitrogens with one attached hydrogen (secondary N) is 1. The Labute approximate surface area is 148 Å². The first kappa shape index (κ1) is 20.1. The van der Waals surface area contributed by atoms with Gasteiger partial charge in [-0.1, -0.05) is 38.1 Å². The van der Waals surface area contributed by atoms with E-state index in [0.29, 0.717) is 29.2 Å². The van der Waals surface area contributed by atoms with Gasteiger partial charge in [0.1, 0.15) is 5.82 Å². The van der Waals surface area contributed by atoms with Gasteiger partial charge in [-0.3, -0.25) is 4.79 Å². The third-order valence-corrected chi connectivity index (χ3v) is 3.72. The van der Waals surface area contributed by atoms with Crippen LogP contribution in [0.1, 0.15) is 36.2 Å². The van der Waals surface area contributed by atoms with Crippen LogP contribution in [0.15, 0.2) is 42.5 Å². The van der Waals surface area contributed by atoms with E-state index < -0.39 is 5.91 Å². The van der Waals surface area contributed by atoms with Crippen LogP contribution in [0.3, 0.4) is 0 Å². The number of halogens is 2. The minimum atomic E-state index is -0.516. The molecule has 3 nitrogen and oxygen atoms in total. The van der Waals surface area contributed by atoms with Gasteiger partial charge in [0.25, 0.3) is 0 Å². The molecule has 3 N–H and O–H groups in total. The van der Waals surface area contributed by atoms with E-state index in [4.69, 9.17) is 5.73 Å². The molecule has 0 aliphatic rings. The molecule has 0 aliphatic heterocycles. The highest BCUT2D eigenvalue weighted by Crippen LogP contribution is 2.24. The molecule has 2 aromatic carbocycles. The van der Waals surface area contributed by atoms with Gasteiger partial charge < -0.3 is 11.1 Å². The van der Waals surface area contributed by atoms with E-state index in [1.807, 2.05) is 6.07 Å². The summed E-state index contributed by atoms with van der Waals surface area (Å²) in [5.41, 5.74) is 7.67. The zero-order valence-electron chi connectivity index (χ0n) is 14.0. The van der Waals surface area contributed by atoms with Crippen LogP contribution >= 0.6 is 12.4 Å². The van der Waals surface area contributed by atoms with Crippen molar-refractivity contribution in [1.29, 1.82) is 0 Å². The maximum atomic E-state index is 14.4. The Morgan fingerprint density at radius 2 is 1.96 bits per heavy atom. The molecule has 5 heteroatoms. The third kappa shape index (κ3) is 5.62. The summed E-state index contributed by atoms with van der Waals surface area (Å²) in [6, 6.07) is 11.9. The molecule has 24 heavy (non-hydrogen) atoms. The van der Waals surface area contributed by atoms with Gasteiger partial charge in [-0.05, 0) is 48.2 Å². The summed E-state index contributed by atoms with van der Waals surface area (Å²) < 4.78 is 14.4. The fraction of sp³-hybridized carbons (Fsp3) is 0.316. The molecule has 0 saturated carbocycles. The number of nitrogens with two attached hydrogens (primary N) is 1. The molecule has 2 aromatic rings. The Kier molecular flexibility index (Phi) is 7.89. The standard InChI is InChI=1S/C19H23FN2O.ClH/c1-13(2)8-9-22-12-14-6-7-17(18(20)10-14)15-4-3-5-16(11-15)19(21)23;/h3-7,10-11,13,22H,8-9,12H2,1-2H3,(H2,21,23);1H. The molecule has 0 saturated heterocycles. The van der Waals surface area contributed by atoms with E-state index in [-0.39, 0.29) is 18.2 Å². The summed E-state index contributed by atoms with van der Waals surface area (Å²) in [4.78, 5) is 11.2. The van der Waals surface area contributed by atoms with Crippen LogP contribution in [-0.4, -0.2) is 12.5 Å². The van der Waals surface area contributed by atoms with Crippen LogP contribution in [0.2, 0.25) is 0 Å². The SMILES string of the molecule is CC(C)CCNCc1ccc(-c2cccc(C(N)=O)c2)c(F)c1.Cl. The number of hydrogen-bond donors (Lipinski definition) is 2. The van der Waals surface area contributed by atoms with E-state index in [9.17, 15) is 9.18 Å². The molecule has 0 spiro atoms. The zero-order chi connectivity index (χ0) is 16.8. The number of hydrogen-bond acceptors (Lipinski definition) is 2. The predicted molar refractivity (Wildman–Crippen MR) is 98.8 cm³/mol. The maximum Gasteiger partial charge on any atom is 0.248 e. The van der Waals surface area contributed by atoms with E-state index in [0.717, 1.165) is 18.5 Å². The number of carbonyl (C=O) groups excluding carboxylic acids is 1. The summed E-state index contributed by atoms with van der Waals surface area (Å²) >= 11 is 0. The highest BCUT2D eigenvalue weighted by Gasteiger charge is 2.08. The first-order valence-electron chi connectivity index (χ1n) is 7.86. The summed E-state index contributed by atoms with van der Waals surface area (Å²) in [5.74, 6) is -0.160. The van der Waals surface area contributed by atoms with Crippen LogP contribution in [0.5, 0.6) is 0 Å². The van der Waals surface area contributed by atoms with Crippen LogP contribution in [-0.2, 0) is 6.54 Å². The molecule has 0 bridgehead atoms. The van der Waals surface area contributed by atoms with E-state index >= 15 is 0 Å². The van der Waals surface area contributed by atoms with Gasteiger partial charge >= 0.3 is 0 Å². The van der Waals surface area contributed by atoms with E-state index in [1.54, 1.807) is 30.3 Å². The van der Waals surface area contributed by atoms with Crippen molar-refractivity contribution < 1.29 is 9.18 Å². The van der Waals surface area contributed by atoms with Gasteiger partial charge in [-0.25, -0.2) is 4.39 Å². The van der Waals surface area contributed by atoms with Crippen molar-refractivity contribution in [2.75, 3.05) is 6.54 Å². The van der Waals surface area contributed by atoms with Crippen LogP contribution in [0.4, 0.5) is 4.39 Å². The molecule has 0 radical (unpaired) electrons. The number of rotatable bonds is 7. The first-order valence-corrected chi connectivity index (χ1v) is 7.86. The van der Waals surface area contributed by atoms with Crippen molar-refractivity contribution >= 4 is 18.3 Å². The van der Waals surface area contributed by atoms with Crippen molar-refractivity contribution in [2.45, 2.75) is 26.8 Å². The molecular weight excluding hydrogens is 327 g/mol. The summed E-state index contributed by atoms with van der Waals surface area (Å²) in [5, 5.41) is 3.32. The van der Waals surface area contributed by atoms with Gasteiger partial charge in [0, 0.05) is 17.7 Å². The third-order valence-electron chi connectivity index (χ3n) is 3.72. The molecule has 2 rings (SSSR count). The van der Waals surface area contributed by atoms with Crippen molar-refractivity contribution in [3.8, 4) is 11.1 Å². The van der Waals surface area contributed by atoms with Crippen molar-refractivity contribution in [3.05, 3.63) is 59.4 Å². The number of amides is 1. The Bertz CT molecular complexity index is 689. The normalized spacial score (nSPS) is 10.5. The molecule has 0 fully saturated rings. The highest BCUT2D eigenvalue weighted by atomic mass is 35.5. The minimum absolute atomic E-state index is 0. The lowest BCUT2D eigenvalue weighted by atomic mass is 10.0. The Hall–Kier alpha value is -1.91. The van der Waals surface area contributed by atoms with Gasteiger partial charge in [0.05, 0.1) is 0 Å². The summed E-state index contributed by atoms with van der Waals surface area (Å²) in [6.45, 7) is 5.92. The summed E-state index contributed by atoms with van der Waals surface area (Å²) in [6.07, 6.45) is 1.10. The molecule has 130 valence electrons. The fourth-order valence-corrected chi connectivity index (χ4v) is 2.37. The Morgan fingerprint density at radius 3 is 2.58 bits per heavy atom. The number of carbonyl (C=O) groups is 1. The van der Waals surface area contributed by atoms with Gasteiger partial charge in [0.15, 0.2) is 0 Å². The lowest BCUT2D eigenvalue weighted by Gasteiger charge is -2.09. The lowest BCUT2D eigenvalue weighted by molar-refractivity contribution is 0.100. The monoisotopic (exact) mass is 350 g/mol. The van der Waals surface area contributed by atoms with E-state index in [2.05, 4.69) is 19.2 Å². The van der Waals surface area contributed by atoms with Gasteiger partial charge in [0.2, 0.25) is 5.91 Å². The zero-order valence-corrected chi connectivity index (χ0v) is 14.8. The average molecular weight is 351 g/mol. The topological polar surface area (TPSA) is 55.1 Å². The summed E-state index contributed by atoms with van der Waals surface area (Å²) in [7, 11) is 0. The van der Waals surface area contributed by atoms with Crippen LogP contribution in [0, 0.1) is 11.7 Å². The van der Waals surface area contributed by atoms with Crippen molar-refractivity contribution in [3.63, 3.8) is 0 Å². The second kappa shape index (κ2) is 9.40. The molecule has 1 amide bonds.